The Morgan fingerprint density at radius 2 is 1.60 bits per heavy atom. The highest BCUT2D eigenvalue weighted by Gasteiger charge is 2.14. The van der Waals surface area contributed by atoms with Gasteiger partial charge >= 0.3 is 17.9 Å². The van der Waals surface area contributed by atoms with Gasteiger partial charge in [-0.1, -0.05) is 6.92 Å². The second-order valence-corrected chi connectivity index (χ2v) is 2.69. The lowest BCUT2D eigenvalue weighted by atomic mass is 10.2. The summed E-state index contributed by atoms with van der Waals surface area (Å²) in [5, 5.41) is 23.9. The van der Waals surface area contributed by atoms with Gasteiger partial charge in [0.2, 0.25) is 0 Å². The molecule has 0 saturated carbocycles. The topological polar surface area (TPSA) is 138 Å². The average molecular weight is 221 g/mol. The van der Waals surface area contributed by atoms with Crippen molar-refractivity contribution in [2.45, 2.75) is 32.2 Å². The number of rotatable bonds is 5. The Kier molecular flexibility index (Phi) is 9.44. The second kappa shape index (κ2) is 8.95. The first-order valence-electron chi connectivity index (χ1n) is 4.23. The van der Waals surface area contributed by atoms with Crippen molar-refractivity contribution in [1.82, 2.24) is 0 Å². The molecular weight excluding hydrogens is 206 g/mol. The van der Waals surface area contributed by atoms with Crippen LogP contribution in [0.1, 0.15) is 26.2 Å². The van der Waals surface area contributed by atoms with E-state index in [1.165, 1.54) is 0 Å². The minimum atomic E-state index is -1.29. The molecule has 0 aliphatic carbocycles. The summed E-state index contributed by atoms with van der Waals surface area (Å²) in [6.07, 6.45) is 0.491. The molecule has 7 heteroatoms. The van der Waals surface area contributed by atoms with Gasteiger partial charge in [0.1, 0.15) is 6.04 Å². The van der Waals surface area contributed by atoms with Gasteiger partial charge in [-0.25, -0.2) is 0 Å². The van der Waals surface area contributed by atoms with Crippen molar-refractivity contribution < 1.29 is 29.7 Å². The van der Waals surface area contributed by atoms with Crippen molar-refractivity contribution in [2.24, 2.45) is 5.73 Å². The minimum absolute atomic E-state index is 0.292. The van der Waals surface area contributed by atoms with E-state index < -0.39 is 30.4 Å². The Labute approximate surface area is 86.5 Å². The van der Waals surface area contributed by atoms with Gasteiger partial charge in [0.15, 0.2) is 0 Å². The van der Waals surface area contributed by atoms with Gasteiger partial charge in [0, 0.05) is 6.42 Å². The molecule has 0 rings (SSSR count). The molecule has 0 unspecified atom stereocenters. The maximum absolute atomic E-state index is 9.85. The van der Waals surface area contributed by atoms with Crippen molar-refractivity contribution in [1.29, 1.82) is 0 Å². The van der Waals surface area contributed by atoms with Gasteiger partial charge in [-0.05, 0) is 6.42 Å². The van der Waals surface area contributed by atoms with E-state index in [1.54, 1.807) is 0 Å². The second-order valence-electron chi connectivity index (χ2n) is 2.69. The molecule has 0 saturated heterocycles. The van der Waals surface area contributed by atoms with Crippen LogP contribution >= 0.6 is 0 Å². The summed E-state index contributed by atoms with van der Waals surface area (Å²) in [5.41, 5.74) is 4.84. The monoisotopic (exact) mass is 221 g/mol. The third kappa shape index (κ3) is 15.2. The zero-order valence-corrected chi connectivity index (χ0v) is 8.34. The van der Waals surface area contributed by atoms with Crippen molar-refractivity contribution >= 4 is 17.9 Å². The fourth-order valence-corrected chi connectivity index (χ4v) is 0.489. The average Bonchev–Trinajstić information content (AvgIpc) is 2.03. The van der Waals surface area contributed by atoms with Crippen LogP contribution in [0.25, 0.3) is 0 Å². The quantitative estimate of drug-likeness (QED) is 0.501. The molecule has 0 heterocycles. The van der Waals surface area contributed by atoms with Crippen LogP contribution in [-0.2, 0) is 14.4 Å². The number of carboxylic acid groups (broad SMARTS) is 3. The molecular formula is C8H15NO6. The number of carbonyl (C=O) groups is 3. The molecule has 0 bridgehead atoms. The van der Waals surface area contributed by atoms with Gasteiger partial charge in [-0.15, -0.1) is 0 Å². The molecule has 0 radical (unpaired) electrons. The van der Waals surface area contributed by atoms with E-state index in [9.17, 15) is 14.4 Å². The molecule has 0 aromatic heterocycles. The van der Waals surface area contributed by atoms with Crippen LogP contribution in [0.4, 0.5) is 0 Å². The van der Waals surface area contributed by atoms with Gasteiger partial charge < -0.3 is 21.1 Å². The van der Waals surface area contributed by atoms with E-state index in [4.69, 9.17) is 21.1 Å². The standard InChI is InChI=1S/C4H7NO4.C4H8O2/c5-2(4(8)9)1-3(6)7;1-2-3-4(5)6/h2H,1,5H2,(H,6,7)(H,8,9);2-3H2,1H3,(H,5,6)/t2-;/m0./s1. The van der Waals surface area contributed by atoms with Crippen molar-refractivity contribution in [2.75, 3.05) is 0 Å². The van der Waals surface area contributed by atoms with Crippen LogP contribution in [0.2, 0.25) is 0 Å². The zero-order chi connectivity index (χ0) is 12.4. The lowest BCUT2D eigenvalue weighted by Gasteiger charge is -1.99. The molecule has 0 aromatic carbocycles. The van der Waals surface area contributed by atoms with Gasteiger partial charge in [-0.3, -0.25) is 14.4 Å². The van der Waals surface area contributed by atoms with Gasteiger partial charge in [-0.2, -0.15) is 0 Å². The Hall–Kier alpha value is -1.63. The van der Waals surface area contributed by atoms with Gasteiger partial charge in [0.05, 0.1) is 6.42 Å². The molecule has 5 N–H and O–H groups in total. The summed E-state index contributed by atoms with van der Waals surface area (Å²) in [7, 11) is 0. The van der Waals surface area contributed by atoms with Crippen LogP contribution in [0.3, 0.4) is 0 Å². The fourth-order valence-electron chi connectivity index (χ4n) is 0.489. The van der Waals surface area contributed by atoms with E-state index in [2.05, 4.69) is 0 Å². The number of nitrogens with two attached hydrogens (primary N) is 1. The predicted octanol–water partition coefficient (Wildman–Crippen LogP) is -0.256. The first-order valence-corrected chi connectivity index (χ1v) is 4.23. The van der Waals surface area contributed by atoms with E-state index in [-0.39, 0.29) is 0 Å². The predicted molar refractivity (Wildman–Crippen MR) is 50.4 cm³/mol. The molecule has 88 valence electrons. The Bertz CT molecular complexity index is 227. The molecule has 0 amide bonds. The van der Waals surface area contributed by atoms with Crippen molar-refractivity contribution in [3.63, 3.8) is 0 Å². The Balaban J connectivity index is 0. The van der Waals surface area contributed by atoms with E-state index in [0.717, 1.165) is 6.42 Å². The molecule has 0 aliphatic rings. The van der Waals surface area contributed by atoms with Gasteiger partial charge in [0.25, 0.3) is 0 Å². The fraction of sp³-hybridized carbons (Fsp3) is 0.625. The first-order chi connectivity index (χ1) is 6.81. The highest BCUT2D eigenvalue weighted by atomic mass is 16.4. The third-order valence-corrected chi connectivity index (χ3v) is 1.18. The number of hydrogen-bond donors (Lipinski definition) is 4. The Morgan fingerprint density at radius 1 is 1.13 bits per heavy atom. The summed E-state index contributed by atoms with van der Waals surface area (Å²) in [6, 6.07) is -1.29. The maximum Gasteiger partial charge on any atom is 0.321 e. The van der Waals surface area contributed by atoms with Crippen LogP contribution in [-0.4, -0.2) is 39.3 Å². The van der Waals surface area contributed by atoms with Crippen molar-refractivity contribution in [3.8, 4) is 0 Å². The summed E-state index contributed by atoms with van der Waals surface area (Å²) < 4.78 is 0. The molecule has 0 fully saturated rings. The van der Waals surface area contributed by atoms with Crippen LogP contribution in [0.5, 0.6) is 0 Å². The summed E-state index contributed by atoms with van der Waals surface area (Å²) in [5.74, 6) is -3.21. The van der Waals surface area contributed by atoms with E-state index in [0.29, 0.717) is 6.42 Å². The SMILES string of the molecule is CCCC(=O)O.N[C@@H](CC(=O)O)C(=O)O. The Morgan fingerprint density at radius 3 is 1.67 bits per heavy atom. The maximum atomic E-state index is 9.85. The molecule has 15 heavy (non-hydrogen) atoms. The van der Waals surface area contributed by atoms with E-state index in [1.807, 2.05) is 6.92 Å². The molecule has 0 spiro atoms. The van der Waals surface area contributed by atoms with Crippen molar-refractivity contribution in [3.05, 3.63) is 0 Å². The smallest absolute Gasteiger partial charge is 0.321 e. The first kappa shape index (κ1) is 15.8. The molecule has 0 aliphatic heterocycles. The molecule has 1 atom stereocenters. The summed E-state index contributed by atoms with van der Waals surface area (Å²) in [6.45, 7) is 1.84. The van der Waals surface area contributed by atoms with Crippen LogP contribution in [0, 0.1) is 0 Å². The van der Waals surface area contributed by atoms with Crippen LogP contribution in [0.15, 0.2) is 0 Å². The lowest BCUT2D eigenvalue weighted by Crippen LogP contribution is -2.32. The molecule has 0 aromatic rings. The minimum Gasteiger partial charge on any atom is -0.481 e. The number of aliphatic carboxylic acids is 3. The highest BCUT2D eigenvalue weighted by Crippen LogP contribution is 1.86. The summed E-state index contributed by atoms with van der Waals surface area (Å²) in [4.78, 5) is 29.2. The van der Waals surface area contributed by atoms with Crippen LogP contribution < -0.4 is 5.73 Å². The summed E-state index contributed by atoms with van der Waals surface area (Å²) >= 11 is 0. The third-order valence-electron chi connectivity index (χ3n) is 1.18. The number of carboxylic acids is 3. The zero-order valence-electron chi connectivity index (χ0n) is 8.34. The highest BCUT2D eigenvalue weighted by molar-refractivity contribution is 5.80. The number of hydrogen-bond acceptors (Lipinski definition) is 4. The van der Waals surface area contributed by atoms with E-state index >= 15 is 0 Å². The lowest BCUT2D eigenvalue weighted by molar-refractivity contribution is -0.144. The molecule has 7 nitrogen and oxygen atoms in total. The largest absolute Gasteiger partial charge is 0.481 e. The normalized spacial score (nSPS) is 10.8.